The predicted molar refractivity (Wildman–Crippen MR) is 71.6 cm³/mol. The van der Waals surface area contributed by atoms with Gasteiger partial charge in [-0.2, -0.15) is 4.98 Å². The van der Waals surface area contributed by atoms with Crippen LogP contribution in [0.4, 0.5) is 6.01 Å². The first-order valence-electron chi connectivity index (χ1n) is 5.69. The number of hydrogen-bond acceptors (Lipinski definition) is 3. The monoisotopic (exact) mass is 311 g/mol. The first kappa shape index (κ1) is 12.9. The van der Waals surface area contributed by atoms with Crippen molar-refractivity contribution in [2.45, 2.75) is 26.8 Å². The van der Waals surface area contributed by atoms with Crippen LogP contribution >= 0.6 is 15.9 Å². The third kappa shape index (κ3) is 2.81. The van der Waals surface area contributed by atoms with Crippen molar-refractivity contribution in [3.63, 3.8) is 0 Å². The van der Waals surface area contributed by atoms with Crippen molar-refractivity contribution >= 4 is 27.9 Å². The van der Waals surface area contributed by atoms with E-state index in [1.165, 1.54) is 6.26 Å². The summed E-state index contributed by atoms with van der Waals surface area (Å²) in [6.45, 7) is 4.65. The number of nitrogens with zero attached hydrogens (tertiary/aromatic N) is 2. The van der Waals surface area contributed by atoms with Gasteiger partial charge in [-0.05, 0) is 35.3 Å². The number of anilines is 1. The first-order valence-corrected chi connectivity index (χ1v) is 6.48. The second kappa shape index (κ2) is 5.39. The van der Waals surface area contributed by atoms with Crippen molar-refractivity contribution < 1.29 is 9.21 Å². The molecule has 0 radical (unpaired) electrons. The van der Waals surface area contributed by atoms with Crippen molar-refractivity contribution in [3.05, 3.63) is 34.4 Å². The molecule has 5 nitrogen and oxygen atoms in total. The van der Waals surface area contributed by atoms with Gasteiger partial charge in [-0.3, -0.25) is 10.1 Å². The number of rotatable bonds is 4. The van der Waals surface area contributed by atoms with E-state index in [2.05, 4.69) is 33.2 Å². The lowest BCUT2D eigenvalue weighted by Gasteiger charge is -2.06. The molecule has 6 heteroatoms. The summed E-state index contributed by atoms with van der Waals surface area (Å²) >= 11 is 3.37. The van der Waals surface area contributed by atoms with E-state index in [9.17, 15) is 4.79 Å². The van der Waals surface area contributed by atoms with Gasteiger partial charge in [0.05, 0.1) is 5.69 Å². The van der Waals surface area contributed by atoms with Crippen LogP contribution in [0.3, 0.4) is 0 Å². The number of oxazole rings is 1. The number of aryl methyl sites for hydroxylation is 2. The Morgan fingerprint density at radius 3 is 3.00 bits per heavy atom. The molecular formula is C12H14BrN3O2. The number of amides is 1. The number of nitrogens with one attached hydrogen (secondary N) is 1. The van der Waals surface area contributed by atoms with Crippen LogP contribution < -0.4 is 5.32 Å². The molecule has 0 fully saturated rings. The number of aromatic nitrogens is 2. The minimum Gasteiger partial charge on any atom is -0.432 e. The number of halogens is 1. The molecule has 2 rings (SSSR count). The van der Waals surface area contributed by atoms with E-state index < -0.39 is 0 Å². The molecule has 18 heavy (non-hydrogen) atoms. The first-order chi connectivity index (χ1) is 8.60. The third-order valence-corrected chi connectivity index (χ3v) is 2.83. The molecule has 0 unspecified atom stereocenters. The van der Waals surface area contributed by atoms with Gasteiger partial charge in [0, 0.05) is 17.2 Å². The van der Waals surface area contributed by atoms with Gasteiger partial charge >= 0.3 is 6.01 Å². The minimum absolute atomic E-state index is 0.220. The lowest BCUT2D eigenvalue weighted by atomic mass is 10.4. The minimum atomic E-state index is -0.226. The summed E-state index contributed by atoms with van der Waals surface area (Å²) in [4.78, 5) is 16.1. The summed E-state index contributed by atoms with van der Waals surface area (Å²) in [6.07, 6.45) is 4.34. The van der Waals surface area contributed by atoms with Gasteiger partial charge in [0.15, 0.2) is 0 Å². The zero-order chi connectivity index (χ0) is 13.1. The quantitative estimate of drug-likeness (QED) is 0.943. The van der Waals surface area contributed by atoms with Gasteiger partial charge in [-0.1, -0.05) is 6.92 Å². The maximum Gasteiger partial charge on any atom is 0.301 e. The Bertz CT molecular complexity index is 559. The Hall–Kier alpha value is -1.56. The molecule has 0 atom stereocenters. The lowest BCUT2D eigenvalue weighted by molar-refractivity contribution is 0.101. The van der Waals surface area contributed by atoms with Crippen molar-refractivity contribution in [1.82, 2.24) is 9.55 Å². The Kier molecular flexibility index (Phi) is 3.86. The highest BCUT2D eigenvalue weighted by molar-refractivity contribution is 9.10. The molecule has 0 saturated carbocycles. The molecule has 0 spiro atoms. The number of hydrogen-bond donors (Lipinski definition) is 1. The molecular weight excluding hydrogens is 298 g/mol. The van der Waals surface area contributed by atoms with Crippen LogP contribution in [-0.4, -0.2) is 15.5 Å². The van der Waals surface area contributed by atoms with Crippen LogP contribution in [0.1, 0.15) is 29.5 Å². The number of carbonyl (C=O) groups excluding carboxylic acids is 1. The maximum atomic E-state index is 12.1. The predicted octanol–water partition coefficient (Wildman–Crippen LogP) is 3.21. The highest BCUT2D eigenvalue weighted by Crippen LogP contribution is 2.17. The van der Waals surface area contributed by atoms with Crippen LogP contribution in [0, 0.1) is 6.92 Å². The maximum absolute atomic E-state index is 12.1. The summed E-state index contributed by atoms with van der Waals surface area (Å²) in [7, 11) is 0. The molecule has 0 aromatic carbocycles. The molecule has 0 aliphatic heterocycles. The van der Waals surface area contributed by atoms with E-state index in [1.54, 1.807) is 13.0 Å². The lowest BCUT2D eigenvalue weighted by Crippen LogP contribution is -2.17. The molecule has 0 bridgehead atoms. The summed E-state index contributed by atoms with van der Waals surface area (Å²) in [6, 6.07) is 2.00. The average Bonchev–Trinajstić information content (AvgIpc) is 2.86. The second-order valence-electron chi connectivity index (χ2n) is 3.99. The van der Waals surface area contributed by atoms with Gasteiger partial charge in [0.2, 0.25) is 0 Å². The Morgan fingerprint density at radius 1 is 1.61 bits per heavy atom. The SMILES string of the molecule is CCCn1cc(Br)cc1C(=O)Nc1nc(C)co1. The summed E-state index contributed by atoms with van der Waals surface area (Å²) < 4.78 is 7.88. The van der Waals surface area contributed by atoms with E-state index in [1.807, 2.05) is 10.8 Å². The van der Waals surface area contributed by atoms with Gasteiger partial charge in [-0.15, -0.1) is 0 Å². The largest absolute Gasteiger partial charge is 0.432 e. The van der Waals surface area contributed by atoms with E-state index in [4.69, 9.17) is 4.42 Å². The van der Waals surface area contributed by atoms with E-state index in [0.717, 1.165) is 23.1 Å². The zero-order valence-corrected chi connectivity index (χ0v) is 11.8. The van der Waals surface area contributed by atoms with E-state index >= 15 is 0 Å². The second-order valence-corrected chi connectivity index (χ2v) is 4.90. The molecule has 2 aromatic heterocycles. The van der Waals surface area contributed by atoms with Crippen molar-refractivity contribution in [2.75, 3.05) is 5.32 Å². The fourth-order valence-corrected chi connectivity index (χ4v) is 2.13. The normalized spacial score (nSPS) is 10.6. The molecule has 0 saturated heterocycles. The smallest absolute Gasteiger partial charge is 0.301 e. The molecule has 1 amide bonds. The summed E-state index contributed by atoms with van der Waals surface area (Å²) in [5, 5.41) is 2.63. The molecule has 0 aliphatic rings. The molecule has 96 valence electrons. The van der Waals surface area contributed by atoms with Crippen molar-refractivity contribution in [3.8, 4) is 0 Å². The third-order valence-electron chi connectivity index (χ3n) is 2.40. The van der Waals surface area contributed by atoms with Crippen molar-refractivity contribution in [2.24, 2.45) is 0 Å². The average molecular weight is 312 g/mol. The van der Waals surface area contributed by atoms with E-state index in [-0.39, 0.29) is 11.9 Å². The Morgan fingerprint density at radius 2 is 2.39 bits per heavy atom. The van der Waals surface area contributed by atoms with Crippen LogP contribution in [0.15, 0.2) is 27.4 Å². The van der Waals surface area contributed by atoms with Crippen LogP contribution in [0.25, 0.3) is 0 Å². The van der Waals surface area contributed by atoms with Gasteiger partial charge in [0.25, 0.3) is 5.91 Å². The van der Waals surface area contributed by atoms with Crippen LogP contribution in [0.2, 0.25) is 0 Å². The van der Waals surface area contributed by atoms with Crippen LogP contribution in [-0.2, 0) is 6.54 Å². The van der Waals surface area contributed by atoms with Crippen LogP contribution in [0.5, 0.6) is 0 Å². The van der Waals surface area contributed by atoms with E-state index in [0.29, 0.717) is 5.69 Å². The summed E-state index contributed by atoms with van der Waals surface area (Å²) in [5.41, 5.74) is 1.31. The Labute approximate surface area is 113 Å². The van der Waals surface area contributed by atoms with Crippen molar-refractivity contribution in [1.29, 1.82) is 0 Å². The number of carbonyl (C=O) groups is 1. The van der Waals surface area contributed by atoms with Gasteiger partial charge in [0.1, 0.15) is 12.0 Å². The topological polar surface area (TPSA) is 60.1 Å². The summed E-state index contributed by atoms with van der Waals surface area (Å²) in [5.74, 6) is -0.226. The van der Waals surface area contributed by atoms with Gasteiger partial charge < -0.3 is 8.98 Å². The molecule has 0 aliphatic carbocycles. The fraction of sp³-hybridized carbons (Fsp3) is 0.333. The van der Waals surface area contributed by atoms with Gasteiger partial charge in [-0.25, -0.2) is 0 Å². The standard InChI is InChI=1S/C12H14BrN3O2/c1-3-4-16-6-9(13)5-10(16)11(17)15-12-14-8(2)7-18-12/h5-7H,3-4H2,1-2H3,(H,14,15,17). The fourth-order valence-electron chi connectivity index (χ4n) is 1.66. The molecule has 2 heterocycles. The highest BCUT2D eigenvalue weighted by Gasteiger charge is 2.14. The zero-order valence-electron chi connectivity index (χ0n) is 10.2. The molecule has 2 aromatic rings. The Balaban J connectivity index is 2.17. The molecule has 1 N–H and O–H groups in total. The highest BCUT2D eigenvalue weighted by atomic mass is 79.9.